The van der Waals surface area contributed by atoms with Crippen molar-refractivity contribution in [2.75, 3.05) is 13.6 Å². The maximum absolute atomic E-state index is 10.8. The highest BCUT2D eigenvalue weighted by Crippen LogP contribution is 2.06. The molecule has 0 aliphatic rings. The number of primary amides is 1. The van der Waals surface area contributed by atoms with Crippen molar-refractivity contribution in [3.8, 4) is 0 Å². The summed E-state index contributed by atoms with van der Waals surface area (Å²) in [5, 5.41) is 8.87. The van der Waals surface area contributed by atoms with Crippen molar-refractivity contribution in [3.05, 3.63) is 23.8 Å². The number of carboxylic acid groups (broad SMARTS) is 1. The summed E-state index contributed by atoms with van der Waals surface area (Å²) in [5.41, 5.74) is 5.39. The average Bonchev–Trinajstić information content (AvgIpc) is 2.16. The van der Waals surface area contributed by atoms with Crippen LogP contribution < -0.4 is 5.73 Å². The minimum absolute atomic E-state index is 0.0267. The fourth-order valence-electron chi connectivity index (χ4n) is 1.24. The third-order valence-electron chi connectivity index (χ3n) is 1.87. The van der Waals surface area contributed by atoms with Crippen molar-refractivity contribution in [1.82, 2.24) is 14.9 Å². The maximum Gasteiger partial charge on any atom is 0.339 e. The van der Waals surface area contributed by atoms with E-state index in [2.05, 4.69) is 9.97 Å². The summed E-state index contributed by atoms with van der Waals surface area (Å²) in [6.45, 7) is 0.274. The first kappa shape index (κ1) is 12.1. The van der Waals surface area contributed by atoms with Gasteiger partial charge in [-0.15, -0.1) is 0 Å². The molecule has 0 fully saturated rings. The molecule has 1 aromatic heterocycles. The first-order chi connectivity index (χ1) is 7.50. The van der Waals surface area contributed by atoms with Gasteiger partial charge >= 0.3 is 5.97 Å². The molecular weight excluding hydrogens is 212 g/mol. The third kappa shape index (κ3) is 3.28. The van der Waals surface area contributed by atoms with Crippen LogP contribution in [0.2, 0.25) is 0 Å². The largest absolute Gasteiger partial charge is 0.478 e. The Hall–Kier alpha value is -2.02. The zero-order valence-corrected chi connectivity index (χ0v) is 8.75. The highest BCUT2D eigenvalue weighted by atomic mass is 16.4. The van der Waals surface area contributed by atoms with E-state index < -0.39 is 11.9 Å². The molecule has 0 spiro atoms. The summed E-state index contributed by atoms with van der Waals surface area (Å²) in [6.07, 6.45) is 2.49. The van der Waals surface area contributed by atoms with Crippen LogP contribution in [-0.4, -0.2) is 45.4 Å². The highest BCUT2D eigenvalue weighted by Gasteiger charge is 2.13. The van der Waals surface area contributed by atoms with Gasteiger partial charge in [-0.25, -0.2) is 14.8 Å². The van der Waals surface area contributed by atoms with Crippen molar-refractivity contribution in [1.29, 1.82) is 0 Å². The summed E-state index contributed by atoms with van der Waals surface area (Å²) in [4.78, 5) is 30.6. The second-order valence-corrected chi connectivity index (χ2v) is 3.33. The van der Waals surface area contributed by atoms with Gasteiger partial charge in [-0.05, 0) is 7.05 Å². The van der Waals surface area contributed by atoms with Gasteiger partial charge < -0.3 is 10.8 Å². The predicted molar refractivity (Wildman–Crippen MR) is 54.5 cm³/mol. The van der Waals surface area contributed by atoms with Gasteiger partial charge in [0.1, 0.15) is 11.9 Å². The van der Waals surface area contributed by atoms with Crippen molar-refractivity contribution in [2.45, 2.75) is 6.54 Å². The number of carboxylic acids is 1. The van der Waals surface area contributed by atoms with Gasteiger partial charge in [0.15, 0.2) is 0 Å². The van der Waals surface area contributed by atoms with Gasteiger partial charge in [-0.3, -0.25) is 9.69 Å². The molecule has 86 valence electrons. The van der Waals surface area contributed by atoms with Gasteiger partial charge in [-0.2, -0.15) is 0 Å². The molecule has 1 heterocycles. The second kappa shape index (κ2) is 5.17. The quantitative estimate of drug-likeness (QED) is 0.670. The van der Waals surface area contributed by atoms with E-state index in [1.165, 1.54) is 12.5 Å². The number of rotatable bonds is 5. The lowest BCUT2D eigenvalue weighted by Gasteiger charge is -2.14. The van der Waals surface area contributed by atoms with Gasteiger partial charge in [0.2, 0.25) is 5.91 Å². The van der Waals surface area contributed by atoms with E-state index in [4.69, 9.17) is 10.8 Å². The maximum atomic E-state index is 10.8. The Kier molecular flexibility index (Phi) is 3.90. The fourth-order valence-corrected chi connectivity index (χ4v) is 1.24. The van der Waals surface area contributed by atoms with Crippen LogP contribution in [0.5, 0.6) is 0 Å². The van der Waals surface area contributed by atoms with E-state index in [0.29, 0.717) is 5.69 Å². The highest BCUT2D eigenvalue weighted by molar-refractivity contribution is 5.88. The molecule has 0 saturated heterocycles. The molecule has 1 aromatic rings. The molecule has 0 saturated carbocycles. The minimum atomic E-state index is -1.09. The molecule has 0 aliphatic heterocycles. The van der Waals surface area contributed by atoms with Crippen LogP contribution in [0.25, 0.3) is 0 Å². The van der Waals surface area contributed by atoms with Crippen LogP contribution in [0, 0.1) is 0 Å². The molecule has 0 aromatic carbocycles. The first-order valence-corrected chi connectivity index (χ1v) is 4.49. The van der Waals surface area contributed by atoms with Crippen LogP contribution in [0.3, 0.4) is 0 Å². The molecule has 0 atom stereocenters. The zero-order chi connectivity index (χ0) is 12.1. The molecule has 1 amide bonds. The monoisotopic (exact) mass is 224 g/mol. The van der Waals surface area contributed by atoms with E-state index in [1.807, 2.05) is 0 Å². The summed E-state index contributed by atoms with van der Waals surface area (Å²) in [7, 11) is 1.65. The Bertz CT molecular complexity index is 407. The Labute approximate surface area is 91.9 Å². The number of nitrogens with two attached hydrogens (primary N) is 1. The topological polar surface area (TPSA) is 109 Å². The summed E-state index contributed by atoms with van der Waals surface area (Å²) in [6, 6.07) is 0. The SMILES string of the molecule is CN(CC(N)=O)Cc1ncncc1C(=O)O. The summed E-state index contributed by atoms with van der Waals surface area (Å²) >= 11 is 0. The lowest BCUT2D eigenvalue weighted by Crippen LogP contribution is -2.31. The average molecular weight is 224 g/mol. The van der Waals surface area contributed by atoms with Gasteiger partial charge in [0.25, 0.3) is 0 Å². The first-order valence-electron chi connectivity index (χ1n) is 4.49. The number of amides is 1. The molecule has 0 radical (unpaired) electrons. The van der Waals surface area contributed by atoms with Crippen LogP contribution in [0.15, 0.2) is 12.5 Å². The van der Waals surface area contributed by atoms with Crippen molar-refractivity contribution in [3.63, 3.8) is 0 Å². The van der Waals surface area contributed by atoms with Crippen molar-refractivity contribution >= 4 is 11.9 Å². The van der Waals surface area contributed by atoms with Gasteiger partial charge in [-0.1, -0.05) is 0 Å². The molecule has 7 nitrogen and oxygen atoms in total. The Morgan fingerprint density at radius 2 is 2.25 bits per heavy atom. The number of carbonyl (C=O) groups is 2. The smallest absolute Gasteiger partial charge is 0.339 e. The number of aromatic carboxylic acids is 1. The molecule has 1 rings (SSSR count). The number of aromatic nitrogens is 2. The van der Waals surface area contributed by atoms with E-state index in [1.54, 1.807) is 11.9 Å². The fraction of sp³-hybridized carbons (Fsp3) is 0.333. The second-order valence-electron chi connectivity index (χ2n) is 3.33. The zero-order valence-electron chi connectivity index (χ0n) is 8.75. The van der Waals surface area contributed by atoms with Crippen LogP contribution in [0.1, 0.15) is 16.1 Å². The standard InChI is InChI=1S/C9H12N4O3/c1-13(4-8(10)14)3-7-6(9(15)16)2-11-5-12-7/h2,5H,3-4H2,1H3,(H2,10,14)(H,15,16). The van der Waals surface area contributed by atoms with Crippen LogP contribution in [-0.2, 0) is 11.3 Å². The summed E-state index contributed by atoms with van der Waals surface area (Å²) in [5.74, 6) is -1.57. The molecule has 7 heteroatoms. The molecule has 0 unspecified atom stereocenters. The van der Waals surface area contributed by atoms with E-state index in [9.17, 15) is 9.59 Å². The lowest BCUT2D eigenvalue weighted by molar-refractivity contribution is -0.118. The number of nitrogens with zero attached hydrogens (tertiary/aromatic N) is 3. The van der Waals surface area contributed by atoms with Crippen LogP contribution in [0.4, 0.5) is 0 Å². The minimum Gasteiger partial charge on any atom is -0.478 e. The number of hydrogen-bond donors (Lipinski definition) is 2. The normalized spacial score (nSPS) is 10.4. The Morgan fingerprint density at radius 1 is 1.56 bits per heavy atom. The Balaban J connectivity index is 2.80. The lowest BCUT2D eigenvalue weighted by atomic mass is 10.2. The Morgan fingerprint density at radius 3 is 2.81 bits per heavy atom. The number of likely N-dealkylation sites (N-methyl/N-ethyl adjacent to an activating group) is 1. The predicted octanol–water partition coefficient (Wildman–Crippen LogP) is -0.908. The van der Waals surface area contributed by atoms with Gasteiger partial charge in [0.05, 0.1) is 12.2 Å². The van der Waals surface area contributed by atoms with E-state index >= 15 is 0 Å². The van der Waals surface area contributed by atoms with Crippen molar-refractivity contribution < 1.29 is 14.7 Å². The molecule has 0 bridgehead atoms. The number of hydrogen-bond acceptors (Lipinski definition) is 5. The van der Waals surface area contributed by atoms with E-state index in [0.717, 1.165) is 0 Å². The van der Waals surface area contributed by atoms with E-state index in [-0.39, 0.29) is 18.7 Å². The molecule has 16 heavy (non-hydrogen) atoms. The molecule has 3 N–H and O–H groups in total. The van der Waals surface area contributed by atoms with Gasteiger partial charge in [0, 0.05) is 12.7 Å². The third-order valence-corrected chi connectivity index (χ3v) is 1.87. The summed E-state index contributed by atoms with van der Waals surface area (Å²) < 4.78 is 0. The van der Waals surface area contributed by atoms with Crippen LogP contribution >= 0.6 is 0 Å². The molecular formula is C9H12N4O3. The van der Waals surface area contributed by atoms with Crippen molar-refractivity contribution in [2.24, 2.45) is 5.73 Å². The number of carbonyl (C=O) groups excluding carboxylic acids is 1. The molecule has 0 aliphatic carbocycles.